The van der Waals surface area contributed by atoms with Gasteiger partial charge in [0.15, 0.2) is 0 Å². The number of quaternary nitrogens is 1. The molecule has 2 atom stereocenters. The number of benzene rings is 1. The molecule has 27 heavy (non-hydrogen) atoms. The van der Waals surface area contributed by atoms with E-state index < -0.39 is 9.04 Å². The van der Waals surface area contributed by atoms with Crippen LogP contribution in [-0.2, 0) is 10.8 Å². The Balaban J connectivity index is 1.84. The summed E-state index contributed by atoms with van der Waals surface area (Å²) >= 11 is 0. The van der Waals surface area contributed by atoms with Gasteiger partial charge in [0.2, 0.25) is 9.04 Å². The first-order valence-electron chi connectivity index (χ1n) is 11.4. The highest BCUT2D eigenvalue weighted by atomic mass is 28.3. The van der Waals surface area contributed by atoms with Gasteiger partial charge in [-0.05, 0) is 32.0 Å². The van der Waals surface area contributed by atoms with Crippen molar-refractivity contribution in [3.63, 3.8) is 0 Å². The number of hydrogen-bond donors (Lipinski definition) is 0. The summed E-state index contributed by atoms with van der Waals surface area (Å²) in [4.78, 5) is 0. The molecule has 0 saturated carbocycles. The molecule has 0 amide bonds. The van der Waals surface area contributed by atoms with E-state index in [2.05, 4.69) is 51.3 Å². The second-order valence-electron chi connectivity index (χ2n) is 8.95. The van der Waals surface area contributed by atoms with Crippen molar-refractivity contribution in [2.24, 2.45) is 0 Å². The summed E-state index contributed by atoms with van der Waals surface area (Å²) in [6.45, 7) is 9.26. The van der Waals surface area contributed by atoms with Gasteiger partial charge >= 0.3 is 0 Å². The van der Waals surface area contributed by atoms with Crippen molar-refractivity contribution in [1.82, 2.24) is 4.48 Å². The van der Waals surface area contributed by atoms with E-state index in [1.807, 2.05) is 0 Å². The molecule has 153 valence electrons. The van der Waals surface area contributed by atoms with Gasteiger partial charge in [0.05, 0.1) is 19.7 Å². The van der Waals surface area contributed by atoms with Crippen molar-refractivity contribution >= 4 is 14.7 Å². The van der Waals surface area contributed by atoms with Crippen LogP contribution in [0.1, 0.15) is 76.7 Å². The van der Waals surface area contributed by atoms with Crippen molar-refractivity contribution in [1.29, 1.82) is 0 Å². The van der Waals surface area contributed by atoms with Crippen LogP contribution in [-0.4, -0.2) is 35.3 Å². The van der Waals surface area contributed by atoms with E-state index in [1.165, 1.54) is 82.9 Å². The van der Waals surface area contributed by atoms with Crippen molar-refractivity contribution in [3.8, 4) is 0 Å². The molecule has 2 rings (SSSR count). The minimum Gasteiger partial charge on any atom is -0.409 e. The van der Waals surface area contributed by atoms with Gasteiger partial charge < -0.3 is 4.43 Å². The van der Waals surface area contributed by atoms with Gasteiger partial charge in [0.25, 0.3) is 0 Å². The predicted molar refractivity (Wildman–Crippen MR) is 122 cm³/mol. The second kappa shape index (κ2) is 12.0. The Morgan fingerprint density at radius 2 is 1.67 bits per heavy atom. The molecule has 3 heteroatoms. The minimum atomic E-state index is -0.653. The third-order valence-corrected chi connectivity index (χ3v) is 6.86. The third kappa shape index (κ3) is 7.71. The molecule has 0 saturated heterocycles. The average molecular weight is 390 g/mol. The van der Waals surface area contributed by atoms with Crippen LogP contribution in [0.25, 0.3) is 0 Å². The fourth-order valence-corrected chi connectivity index (χ4v) is 5.51. The summed E-state index contributed by atoms with van der Waals surface area (Å²) in [5, 5.41) is 0. The molecule has 0 aliphatic carbocycles. The molecule has 2 unspecified atom stereocenters. The summed E-state index contributed by atoms with van der Waals surface area (Å²) in [5.74, 6) is 0. The highest BCUT2D eigenvalue weighted by molar-refractivity contribution is 6.48. The van der Waals surface area contributed by atoms with Gasteiger partial charge in [-0.1, -0.05) is 76.5 Å². The summed E-state index contributed by atoms with van der Waals surface area (Å²) in [5.41, 5.74) is 3.09. The van der Waals surface area contributed by atoms with Crippen LogP contribution in [0.5, 0.6) is 0 Å². The quantitative estimate of drug-likeness (QED) is 0.206. The Hall–Kier alpha value is -0.643. The highest BCUT2D eigenvalue weighted by Gasteiger charge is 2.34. The standard InChI is InChI=1S/C24H43NOSi/c1-5-6-7-8-9-10-11-12-18-23(26-27(3)4)21-25(2)20-15-17-22-16-13-14-19-24(22)25/h13-14,16,19,23H,5-12,15,17-18,20-21H2,1-4H3/q+1. The van der Waals surface area contributed by atoms with Crippen LogP contribution in [0, 0.1) is 0 Å². The molecule has 2 nitrogen and oxygen atoms in total. The molecule has 1 radical (unpaired) electrons. The van der Waals surface area contributed by atoms with E-state index >= 15 is 0 Å². The summed E-state index contributed by atoms with van der Waals surface area (Å²) < 4.78 is 7.54. The van der Waals surface area contributed by atoms with Gasteiger partial charge in [-0.3, -0.25) is 4.48 Å². The van der Waals surface area contributed by atoms with Gasteiger partial charge in [0, 0.05) is 12.0 Å². The molecule has 1 aliphatic heterocycles. The number of para-hydroxylation sites is 1. The van der Waals surface area contributed by atoms with E-state index in [0.29, 0.717) is 6.10 Å². The molecule has 0 N–H and O–H groups in total. The fraction of sp³-hybridized carbons (Fsp3) is 0.750. The number of likely N-dealkylation sites (N-methyl/N-ethyl adjacent to an activating group) is 1. The van der Waals surface area contributed by atoms with Crippen molar-refractivity contribution in [2.75, 3.05) is 20.1 Å². The molecule has 1 aromatic rings. The Kier molecular flexibility index (Phi) is 10.1. The first kappa shape index (κ1) is 22.6. The zero-order chi connectivity index (χ0) is 19.5. The lowest BCUT2D eigenvalue weighted by Crippen LogP contribution is -2.53. The van der Waals surface area contributed by atoms with Gasteiger partial charge in [-0.25, -0.2) is 0 Å². The van der Waals surface area contributed by atoms with Crippen molar-refractivity contribution < 1.29 is 4.43 Å². The van der Waals surface area contributed by atoms with E-state index in [1.54, 1.807) is 5.56 Å². The summed E-state index contributed by atoms with van der Waals surface area (Å²) in [6, 6.07) is 9.09. The molecule has 0 bridgehead atoms. The molecule has 1 aliphatic rings. The number of unbranched alkanes of at least 4 members (excludes halogenated alkanes) is 7. The van der Waals surface area contributed by atoms with E-state index in [9.17, 15) is 0 Å². The van der Waals surface area contributed by atoms with Crippen LogP contribution in [0.3, 0.4) is 0 Å². The lowest BCUT2D eigenvalue weighted by molar-refractivity contribution is 0.135. The zero-order valence-electron chi connectivity index (χ0n) is 18.4. The summed E-state index contributed by atoms with van der Waals surface area (Å²) in [7, 11) is 1.78. The molecular formula is C24H43NOSi+. The maximum atomic E-state index is 6.48. The number of nitrogens with zero attached hydrogens (tertiary/aromatic N) is 1. The Morgan fingerprint density at radius 3 is 2.37 bits per heavy atom. The SMILES string of the molecule is CCCCCCCCCCC(C[N+]1(C)CCCc2ccccc21)O[Si](C)C. The van der Waals surface area contributed by atoms with Crippen molar-refractivity contribution in [2.45, 2.75) is 96.8 Å². The maximum absolute atomic E-state index is 6.48. The molecular weight excluding hydrogens is 346 g/mol. The highest BCUT2D eigenvalue weighted by Crippen LogP contribution is 2.33. The predicted octanol–water partition coefficient (Wildman–Crippen LogP) is 6.74. The van der Waals surface area contributed by atoms with E-state index in [4.69, 9.17) is 4.43 Å². The van der Waals surface area contributed by atoms with Crippen LogP contribution >= 0.6 is 0 Å². The molecule has 1 aromatic carbocycles. The molecule has 1 heterocycles. The number of rotatable bonds is 13. The Morgan fingerprint density at radius 1 is 1.00 bits per heavy atom. The van der Waals surface area contributed by atoms with Crippen LogP contribution in [0.4, 0.5) is 5.69 Å². The van der Waals surface area contributed by atoms with Crippen LogP contribution in [0.2, 0.25) is 13.1 Å². The number of hydrogen-bond acceptors (Lipinski definition) is 1. The topological polar surface area (TPSA) is 9.23 Å². The van der Waals surface area contributed by atoms with Crippen LogP contribution in [0.15, 0.2) is 24.3 Å². The van der Waals surface area contributed by atoms with Gasteiger partial charge in [-0.2, -0.15) is 0 Å². The Labute approximate surface area is 170 Å². The van der Waals surface area contributed by atoms with E-state index in [-0.39, 0.29) is 0 Å². The van der Waals surface area contributed by atoms with E-state index in [0.717, 1.165) is 11.0 Å². The minimum absolute atomic E-state index is 0.421. The second-order valence-corrected chi connectivity index (χ2v) is 11.0. The van der Waals surface area contributed by atoms with Gasteiger partial charge in [-0.15, -0.1) is 0 Å². The smallest absolute Gasteiger partial charge is 0.205 e. The maximum Gasteiger partial charge on any atom is 0.205 e. The first-order valence-corrected chi connectivity index (χ1v) is 13.9. The van der Waals surface area contributed by atoms with Gasteiger partial charge in [0.1, 0.15) is 12.2 Å². The van der Waals surface area contributed by atoms with Crippen molar-refractivity contribution in [3.05, 3.63) is 29.8 Å². The average Bonchev–Trinajstić information content (AvgIpc) is 2.63. The normalized spacial score (nSPS) is 20.6. The molecule has 0 fully saturated rings. The summed E-state index contributed by atoms with van der Waals surface area (Å²) in [6.07, 6.45) is 15.3. The third-order valence-electron chi connectivity index (χ3n) is 6.06. The number of fused-ring (bicyclic) bond motifs is 1. The number of aryl methyl sites for hydroxylation is 1. The zero-order valence-corrected chi connectivity index (χ0v) is 19.4. The fourth-order valence-electron chi connectivity index (χ4n) is 4.65. The molecule has 0 aromatic heterocycles. The Bertz CT molecular complexity index is 533. The lowest BCUT2D eigenvalue weighted by atomic mass is 9.98. The monoisotopic (exact) mass is 389 g/mol. The lowest BCUT2D eigenvalue weighted by Gasteiger charge is -2.41. The first-order chi connectivity index (χ1) is 13.0. The molecule has 0 spiro atoms. The largest absolute Gasteiger partial charge is 0.409 e. The van der Waals surface area contributed by atoms with Crippen LogP contribution < -0.4 is 4.48 Å².